The molecule has 0 aliphatic heterocycles. The average molecular weight is 312 g/mol. The lowest BCUT2D eigenvalue weighted by molar-refractivity contribution is 0.210. The van der Waals surface area contributed by atoms with E-state index in [0.717, 1.165) is 24.5 Å². The minimum absolute atomic E-state index is 0.357. The first-order chi connectivity index (χ1) is 9.75. The molecule has 1 heterocycles. The topological polar surface area (TPSA) is 50.9 Å². The van der Waals surface area contributed by atoms with E-state index in [0.29, 0.717) is 17.4 Å². The fraction of sp³-hybridized carbons (Fsp3) is 0.824. The normalized spacial score (nSPS) is 15.2. The van der Waals surface area contributed by atoms with Crippen molar-refractivity contribution in [3.8, 4) is 0 Å². The van der Waals surface area contributed by atoms with Gasteiger partial charge in [-0.2, -0.15) is 0 Å². The molecular formula is C17H33N3S. The molecule has 2 unspecified atom stereocenters. The minimum Gasteiger partial charge on any atom is -0.330 e. The third-order valence-corrected chi connectivity index (χ3v) is 5.51. The lowest BCUT2D eigenvalue weighted by Crippen LogP contribution is -2.25. The van der Waals surface area contributed by atoms with Crippen LogP contribution >= 0.6 is 11.3 Å². The van der Waals surface area contributed by atoms with E-state index >= 15 is 0 Å². The Labute approximate surface area is 134 Å². The molecule has 122 valence electrons. The molecule has 2 atom stereocenters. The summed E-state index contributed by atoms with van der Waals surface area (Å²) in [6, 6.07) is 0.402. The fourth-order valence-electron chi connectivity index (χ4n) is 2.92. The molecule has 3 N–H and O–H groups in total. The van der Waals surface area contributed by atoms with E-state index in [4.69, 9.17) is 5.73 Å². The molecule has 0 aromatic carbocycles. The van der Waals surface area contributed by atoms with E-state index in [1.54, 1.807) is 0 Å². The highest BCUT2D eigenvalue weighted by atomic mass is 32.1. The van der Waals surface area contributed by atoms with Gasteiger partial charge in [0.05, 0.1) is 10.7 Å². The van der Waals surface area contributed by atoms with E-state index in [9.17, 15) is 0 Å². The van der Waals surface area contributed by atoms with Crippen LogP contribution in [0.1, 0.15) is 68.6 Å². The van der Waals surface area contributed by atoms with Crippen molar-refractivity contribution in [2.45, 2.75) is 66.8 Å². The molecule has 0 fully saturated rings. The van der Waals surface area contributed by atoms with Crippen LogP contribution in [0.15, 0.2) is 0 Å². The molecule has 0 saturated carbocycles. The highest BCUT2D eigenvalue weighted by Crippen LogP contribution is 2.32. The number of hydrogen-bond acceptors (Lipinski definition) is 4. The second-order valence-electron chi connectivity index (χ2n) is 7.14. The summed E-state index contributed by atoms with van der Waals surface area (Å²) in [6.45, 7) is 15.3. The van der Waals surface area contributed by atoms with E-state index in [1.165, 1.54) is 23.4 Å². The first kappa shape index (κ1) is 18.6. The zero-order valence-corrected chi connectivity index (χ0v) is 15.4. The van der Waals surface area contributed by atoms with Crippen LogP contribution in [0.4, 0.5) is 0 Å². The summed E-state index contributed by atoms with van der Waals surface area (Å²) in [5.41, 5.74) is 7.28. The second-order valence-corrected chi connectivity index (χ2v) is 8.38. The Bertz CT molecular complexity index is 420. The molecule has 1 aromatic rings. The Hall–Kier alpha value is -0.450. The van der Waals surface area contributed by atoms with Gasteiger partial charge in [-0.1, -0.05) is 20.8 Å². The lowest BCUT2D eigenvalue weighted by atomic mass is 9.76. The molecule has 1 aromatic heterocycles. The van der Waals surface area contributed by atoms with Crippen LogP contribution in [-0.4, -0.2) is 18.1 Å². The molecule has 4 heteroatoms. The van der Waals surface area contributed by atoms with Crippen molar-refractivity contribution >= 4 is 11.3 Å². The van der Waals surface area contributed by atoms with Gasteiger partial charge >= 0.3 is 0 Å². The summed E-state index contributed by atoms with van der Waals surface area (Å²) in [5, 5.41) is 4.80. The van der Waals surface area contributed by atoms with Crippen LogP contribution in [-0.2, 0) is 0 Å². The van der Waals surface area contributed by atoms with Crippen LogP contribution in [0.25, 0.3) is 0 Å². The van der Waals surface area contributed by atoms with Crippen molar-refractivity contribution in [3.05, 3.63) is 15.6 Å². The van der Waals surface area contributed by atoms with Gasteiger partial charge in [0.1, 0.15) is 0 Å². The van der Waals surface area contributed by atoms with E-state index in [-0.39, 0.29) is 0 Å². The second kappa shape index (κ2) is 8.25. The number of rotatable bonds is 8. The van der Waals surface area contributed by atoms with Gasteiger partial charge in [-0.05, 0) is 64.5 Å². The van der Waals surface area contributed by atoms with Gasteiger partial charge in [0.15, 0.2) is 0 Å². The number of nitrogens with zero attached hydrogens (tertiary/aromatic N) is 1. The highest BCUT2D eigenvalue weighted by molar-refractivity contribution is 7.11. The summed E-state index contributed by atoms with van der Waals surface area (Å²) in [4.78, 5) is 5.89. The predicted molar refractivity (Wildman–Crippen MR) is 93.9 cm³/mol. The Kier molecular flexibility index (Phi) is 7.31. The summed E-state index contributed by atoms with van der Waals surface area (Å²) in [7, 11) is 0. The zero-order chi connectivity index (χ0) is 16.0. The molecule has 0 saturated heterocycles. The molecule has 0 spiro atoms. The first-order valence-corrected chi connectivity index (χ1v) is 8.94. The fourth-order valence-corrected chi connectivity index (χ4v) is 3.87. The van der Waals surface area contributed by atoms with Crippen molar-refractivity contribution in [1.82, 2.24) is 10.3 Å². The average Bonchev–Trinajstić information content (AvgIpc) is 2.70. The van der Waals surface area contributed by atoms with Gasteiger partial charge in [0.2, 0.25) is 0 Å². The van der Waals surface area contributed by atoms with Crippen molar-refractivity contribution < 1.29 is 0 Å². The van der Waals surface area contributed by atoms with Crippen molar-refractivity contribution in [1.29, 1.82) is 0 Å². The molecule has 0 aliphatic rings. The highest BCUT2D eigenvalue weighted by Gasteiger charge is 2.23. The maximum absolute atomic E-state index is 5.75. The number of aryl methyl sites for hydroxylation is 2. The van der Waals surface area contributed by atoms with Gasteiger partial charge in [-0.25, -0.2) is 4.98 Å². The van der Waals surface area contributed by atoms with Gasteiger partial charge in [-0.3, -0.25) is 0 Å². The maximum Gasteiger partial charge on any atom is 0.0900 e. The third-order valence-electron chi connectivity index (χ3n) is 4.25. The Morgan fingerprint density at radius 2 is 1.90 bits per heavy atom. The molecule has 3 nitrogen and oxygen atoms in total. The quantitative estimate of drug-likeness (QED) is 0.707. The van der Waals surface area contributed by atoms with Crippen LogP contribution < -0.4 is 11.1 Å². The SMILES string of the molecule is Cc1nc(C)c(C(C)NCCCC(CCN)C(C)(C)C)s1. The monoisotopic (exact) mass is 311 g/mol. The van der Waals surface area contributed by atoms with Crippen molar-refractivity contribution in [2.75, 3.05) is 13.1 Å². The summed E-state index contributed by atoms with van der Waals surface area (Å²) < 4.78 is 0. The predicted octanol–water partition coefficient (Wildman–Crippen LogP) is 4.20. The van der Waals surface area contributed by atoms with Crippen LogP contribution in [0.3, 0.4) is 0 Å². The van der Waals surface area contributed by atoms with E-state index < -0.39 is 0 Å². The molecule has 1 rings (SSSR count). The minimum atomic E-state index is 0.357. The lowest BCUT2D eigenvalue weighted by Gasteiger charge is -2.30. The van der Waals surface area contributed by atoms with E-state index in [2.05, 4.69) is 51.8 Å². The number of nitrogens with one attached hydrogen (secondary N) is 1. The summed E-state index contributed by atoms with van der Waals surface area (Å²) in [6.07, 6.45) is 3.59. The zero-order valence-electron chi connectivity index (χ0n) is 14.6. The van der Waals surface area contributed by atoms with Crippen molar-refractivity contribution in [3.63, 3.8) is 0 Å². The molecule has 0 bridgehead atoms. The molecule has 0 amide bonds. The number of aromatic nitrogens is 1. The summed E-state index contributed by atoms with van der Waals surface area (Å²) >= 11 is 1.81. The van der Waals surface area contributed by atoms with Crippen molar-refractivity contribution in [2.24, 2.45) is 17.1 Å². The van der Waals surface area contributed by atoms with Crippen LogP contribution in [0, 0.1) is 25.2 Å². The molecule has 0 radical (unpaired) electrons. The maximum atomic E-state index is 5.75. The molecular weight excluding hydrogens is 278 g/mol. The van der Waals surface area contributed by atoms with Gasteiger partial charge < -0.3 is 11.1 Å². The first-order valence-electron chi connectivity index (χ1n) is 8.13. The molecule has 21 heavy (non-hydrogen) atoms. The largest absolute Gasteiger partial charge is 0.330 e. The Balaban J connectivity index is 2.37. The van der Waals surface area contributed by atoms with Crippen LogP contribution in [0.2, 0.25) is 0 Å². The smallest absolute Gasteiger partial charge is 0.0900 e. The van der Waals surface area contributed by atoms with Gasteiger partial charge in [0, 0.05) is 10.9 Å². The van der Waals surface area contributed by atoms with Gasteiger partial charge in [-0.15, -0.1) is 11.3 Å². The van der Waals surface area contributed by atoms with Crippen LogP contribution in [0.5, 0.6) is 0 Å². The third kappa shape index (κ3) is 6.05. The number of hydrogen-bond donors (Lipinski definition) is 2. The van der Waals surface area contributed by atoms with E-state index in [1.807, 2.05) is 11.3 Å². The Morgan fingerprint density at radius 1 is 1.24 bits per heavy atom. The number of nitrogens with two attached hydrogens (primary N) is 1. The number of thiazole rings is 1. The standard InChI is InChI=1S/C17H33N3S/c1-12(16-13(2)20-14(3)21-16)19-11-7-8-15(9-10-18)17(4,5)6/h12,15,19H,7-11,18H2,1-6H3. The Morgan fingerprint density at radius 3 is 2.38 bits per heavy atom. The molecule has 0 aliphatic carbocycles. The van der Waals surface area contributed by atoms with Gasteiger partial charge in [0.25, 0.3) is 0 Å². The summed E-state index contributed by atoms with van der Waals surface area (Å²) in [5.74, 6) is 0.715.